The third kappa shape index (κ3) is 3.06. The van der Waals surface area contributed by atoms with Gasteiger partial charge in [0.1, 0.15) is 18.0 Å². The quantitative estimate of drug-likeness (QED) is 0.932. The smallest absolute Gasteiger partial charge is 0.123 e. The van der Waals surface area contributed by atoms with Gasteiger partial charge in [-0.1, -0.05) is 11.6 Å². The second kappa shape index (κ2) is 6.06. The summed E-state index contributed by atoms with van der Waals surface area (Å²) in [6, 6.07) is 12.9. The van der Waals surface area contributed by atoms with Gasteiger partial charge in [0.2, 0.25) is 0 Å². The van der Waals surface area contributed by atoms with Gasteiger partial charge in [-0.2, -0.15) is 10.5 Å². The molecular formula is C15H9ClFN3. The first-order chi connectivity index (χ1) is 9.63. The minimum absolute atomic E-state index is 0.294. The fourth-order valence-corrected chi connectivity index (χ4v) is 1.90. The molecule has 0 aliphatic carbocycles. The highest BCUT2D eigenvalue weighted by molar-refractivity contribution is 6.31. The first-order valence-corrected chi connectivity index (χ1v) is 6.14. The average Bonchev–Trinajstić information content (AvgIpc) is 2.47. The Labute approximate surface area is 120 Å². The van der Waals surface area contributed by atoms with Gasteiger partial charge in [-0.25, -0.2) is 4.39 Å². The minimum Gasteiger partial charge on any atom is -0.381 e. The van der Waals surface area contributed by atoms with Gasteiger partial charge in [0.25, 0.3) is 0 Å². The van der Waals surface area contributed by atoms with Crippen molar-refractivity contribution in [2.75, 3.05) is 5.32 Å². The Kier molecular flexibility index (Phi) is 4.20. The summed E-state index contributed by atoms with van der Waals surface area (Å²) in [5, 5.41) is 21.3. The van der Waals surface area contributed by atoms with Crippen LogP contribution in [-0.4, -0.2) is 0 Å². The van der Waals surface area contributed by atoms with Crippen molar-refractivity contribution < 1.29 is 4.39 Å². The molecule has 0 spiro atoms. The molecule has 98 valence electrons. The molecular weight excluding hydrogens is 277 g/mol. The molecule has 0 aromatic heterocycles. The first kappa shape index (κ1) is 13.9. The number of nitriles is 2. The largest absolute Gasteiger partial charge is 0.381 e. The Morgan fingerprint density at radius 3 is 2.50 bits per heavy atom. The minimum atomic E-state index is -0.358. The van der Waals surface area contributed by atoms with Crippen LogP contribution in [0.5, 0.6) is 0 Å². The number of hydrogen-bond donors (Lipinski definition) is 1. The molecule has 20 heavy (non-hydrogen) atoms. The maximum Gasteiger partial charge on any atom is 0.123 e. The summed E-state index contributed by atoms with van der Waals surface area (Å²) in [4.78, 5) is 0. The molecule has 0 aliphatic heterocycles. The molecule has 0 radical (unpaired) electrons. The Bertz CT molecular complexity index is 729. The van der Waals surface area contributed by atoms with Crippen LogP contribution >= 0.6 is 11.6 Å². The van der Waals surface area contributed by atoms with E-state index in [1.54, 1.807) is 18.2 Å². The Balaban J connectivity index is 2.18. The molecule has 1 N–H and O–H groups in total. The Morgan fingerprint density at radius 1 is 1.05 bits per heavy atom. The molecule has 0 atom stereocenters. The second-order valence-corrected chi connectivity index (χ2v) is 4.48. The molecule has 5 heteroatoms. The van der Waals surface area contributed by atoms with Crippen LogP contribution in [0.4, 0.5) is 10.1 Å². The zero-order valence-electron chi connectivity index (χ0n) is 10.3. The summed E-state index contributed by atoms with van der Waals surface area (Å²) in [6.07, 6.45) is 0. The topological polar surface area (TPSA) is 59.6 Å². The average molecular weight is 286 g/mol. The van der Waals surface area contributed by atoms with E-state index in [2.05, 4.69) is 5.32 Å². The lowest BCUT2D eigenvalue weighted by Crippen LogP contribution is -2.01. The van der Waals surface area contributed by atoms with Gasteiger partial charge < -0.3 is 5.32 Å². The molecule has 0 unspecified atom stereocenters. The molecule has 0 saturated carbocycles. The predicted octanol–water partition coefficient (Wildman–Crippen LogP) is 3.83. The number of anilines is 1. The van der Waals surface area contributed by atoms with Crippen molar-refractivity contribution in [1.29, 1.82) is 10.5 Å². The van der Waals surface area contributed by atoms with E-state index in [1.807, 2.05) is 12.1 Å². The fourth-order valence-electron chi connectivity index (χ4n) is 1.72. The van der Waals surface area contributed by atoms with Gasteiger partial charge in [0, 0.05) is 17.3 Å². The van der Waals surface area contributed by atoms with E-state index >= 15 is 0 Å². The van der Waals surface area contributed by atoms with E-state index in [0.717, 1.165) is 0 Å². The molecule has 0 heterocycles. The van der Waals surface area contributed by atoms with Crippen LogP contribution in [0.1, 0.15) is 16.7 Å². The summed E-state index contributed by atoms with van der Waals surface area (Å²) in [7, 11) is 0. The van der Waals surface area contributed by atoms with Crippen molar-refractivity contribution in [3.63, 3.8) is 0 Å². The number of benzene rings is 2. The summed E-state index contributed by atoms with van der Waals surface area (Å²) < 4.78 is 13.1. The van der Waals surface area contributed by atoms with E-state index in [0.29, 0.717) is 33.9 Å². The highest BCUT2D eigenvalue weighted by Crippen LogP contribution is 2.20. The number of nitrogens with one attached hydrogen (secondary N) is 1. The lowest BCUT2D eigenvalue weighted by Gasteiger charge is -2.09. The van der Waals surface area contributed by atoms with Gasteiger partial charge in [-0.3, -0.25) is 0 Å². The van der Waals surface area contributed by atoms with Crippen molar-refractivity contribution in [3.8, 4) is 12.1 Å². The van der Waals surface area contributed by atoms with Crippen molar-refractivity contribution in [3.05, 3.63) is 63.9 Å². The molecule has 2 rings (SSSR count). The van der Waals surface area contributed by atoms with Crippen LogP contribution in [0.3, 0.4) is 0 Å². The van der Waals surface area contributed by atoms with E-state index in [-0.39, 0.29) is 5.82 Å². The van der Waals surface area contributed by atoms with Crippen molar-refractivity contribution in [2.24, 2.45) is 0 Å². The molecule has 3 nitrogen and oxygen atoms in total. The van der Waals surface area contributed by atoms with E-state index in [1.165, 1.54) is 18.2 Å². The molecule has 0 aliphatic rings. The monoisotopic (exact) mass is 285 g/mol. The normalized spacial score (nSPS) is 9.60. The van der Waals surface area contributed by atoms with Crippen LogP contribution in [0, 0.1) is 28.5 Å². The predicted molar refractivity (Wildman–Crippen MR) is 74.6 cm³/mol. The third-order valence-corrected chi connectivity index (χ3v) is 3.12. The molecule has 0 fully saturated rings. The second-order valence-electron chi connectivity index (χ2n) is 4.07. The fraction of sp³-hybridized carbons (Fsp3) is 0.0667. The van der Waals surface area contributed by atoms with Crippen LogP contribution < -0.4 is 5.32 Å². The number of halogens is 2. The Hall–Kier alpha value is -2.56. The number of hydrogen-bond acceptors (Lipinski definition) is 3. The molecule has 2 aromatic carbocycles. The van der Waals surface area contributed by atoms with Gasteiger partial charge in [-0.05, 0) is 42.0 Å². The van der Waals surface area contributed by atoms with Gasteiger partial charge in [-0.15, -0.1) is 0 Å². The lowest BCUT2D eigenvalue weighted by molar-refractivity contribution is 0.626. The summed E-state index contributed by atoms with van der Waals surface area (Å²) in [5.74, 6) is -0.358. The van der Waals surface area contributed by atoms with Crippen molar-refractivity contribution in [1.82, 2.24) is 0 Å². The molecule has 0 amide bonds. The van der Waals surface area contributed by atoms with E-state index in [4.69, 9.17) is 22.1 Å². The number of rotatable bonds is 3. The SMILES string of the molecule is N#Cc1ccc(NCc2cc(F)ccc2Cl)cc1C#N. The lowest BCUT2D eigenvalue weighted by atomic mass is 10.1. The van der Waals surface area contributed by atoms with E-state index in [9.17, 15) is 4.39 Å². The van der Waals surface area contributed by atoms with Gasteiger partial charge >= 0.3 is 0 Å². The molecule has 0 bridgehead atoms. The summed E-state index contributed by atoms with van der Waals surface area (Å²) in [6.45, 7) is 0.327. The summed E-state index contributed by atoms with van der Waals surface area (Å²) in [5.41, 5.74) is 1.90. The van der Waals surface area contributed by atoms with Gasteiger partial charge in [0.15, 0.2) is 0 Å². The standard InChI is InChI=1S/C15H9ClFN3/c16-15-4-2-13(17)5-12(15)9-20-14-3-1-10(7-18)11(6-14)8-19/h1-6,20H,9H2. The van der Waals surface area contributed by atoms with Crippen LogP contribution in [0.15, 0.2) is 36.4 Å². The first-order valence-electron chi connectivity index (χ1n) is 5.76. The van der Waals surface area contributed by atoms with Crippen molar-refractivity contribution in [2.45, 2.75) is 6.54 Å². The van der Waals surface area contributed by atoms with Crippen LogP contribution in [0.25, 0.3) is 0 Å². The number of nitrogens with zero attached hydrogens (tertiary/aromatic N) is 2. The third-order valence-electron chi connectivity index (χ3n) is 2.75. The van der Waals surface area contributed by atoms with Crippen LogP contribution in [-0.2, 0) is 6.54 Å². The Morgan fingerprint density at radius 2 is 1.80 bits per heavy atom. The molecule has 0 saturated heterocycles. The maximum absolute atomic E-state index is 13.1. The summed E-state index contributed by atoms with van der Waals surface area (Å²) >= 11 is 5.97. The molecule has 2 aromatic rings. The van der Waals surface area contributed by atoms with E-state index < -0.39 is 0 Å². The maximum atomic E-state index is 13.1. The van der Waals surface area contributed by atoms with Crippen LogP contribution in [0.2, 0.25) is 5.02 Å². The zero-order valence-corrected chi connectivity index (χ0v) is 11.1. The zero-order chi connectivity index (χ0) is 14.5. The highest BCUT2D eigenvalue weighted by atomic mass is 35.5. The van der Waals surface area contributed by atoms with Crippen molar-refractivity contribution >= 4 is 17.3 Å². The van der Waals surface area contributed by atoms with Gasteiger partial charge in [0.05, 0.1) is 11.1 Å². The highest BCUT2D eigenvalue weighted by Gasteiger charge is 2.05.